The minimum Gasteiger partial charge on any atom is -0.507 e. The average Bonchev–Trinajstić information content (AvgIpc) is 2.42. The molecule has 2 N–H and O–H groups in total. The van der Waals surface area contributed by atoms with Crippen LogP contribution in [0.2, 0.25) is 0 Å². The number of aliphatic hydroxyl groups excluding tert-OH is 1. The highest BCUT2D eigenvalue weighted by atomic mass is 16.5. The summed E-state index contributed by atoms with van der Waals surface area (Å²) in [6.45, 7) is 3.55. The topological polar surface area (TPSA) is 93.1 Å². The number of Topliss-reactive ketones (excluding diaryl/α,β-unsaturated/α-hetero) is 2. The quantitative estimate of drug-likeness (QED) is 0.763. The Morgan fingerprint density at radius 3 is 2.55 bits per heavy atom. The maximum Gasteiger partial charge on any atom is 0.238 e. The molecule has 0 aromatic heterocycles. The first-order valence-corrected chi connectivity index (χ1v) is 6.87. The molecule has 0 radical (unpaired) electrons. The lowest BCUT2D eigenvalue weighted by atomic mass is 9.80. The Morgan fingerprint density at radius 1 is 1.23 bits per heavy atom. The monoisotopic (exact) mass is 304 g/mol. The number of aliphatic hydroxyl groups is 1. The van der Waals surface area contributed by atoms with E-state index in [9.17, 15) is 19.8 Å². The number of carbonyl (C=O) groups excluding carboxylic acids is 2. The van der Waals surface area contributed by atoms with Crippen LogP contribution in [0.3, 0.4) is 0 Å². The predicted molar refractivity (Wildman–Crippen MR) is 76.7 cm³/mol. The fraction of sp³-hybridized carbons (Fsp3) is 0.375. The fourth-order valence-electron chi connectivity index (χ4n) is 2.97. The van der Waals surface area contributed by atoms with E-state index < -0.39 is 23.3 Å². The third-order valence-electron chi connectivity index (χ3n) is 3.91. The second-order valence-electron chi connectivity index (χ2n) is 6.02. The zero-order valence-electron chi connectivity index (χ0n) is 12.5. The number of rotatable bonds is 1. The SMILES string of the molecule is COc1ccc(O)c2c1C1=C(C(=O)C2=O)[C@@H](O)CC(C)(C)O1. The van der Waals surface area contributed by atoms with Crippen LogP contribution < -0.4 is 4.74 Å². The van der Waals surface area contributed by atoms with Gasteiger partial charge in [-0.25, -0.2) is 0 Å². The molecular formula is C16H16O6. The number of hydrogen-bond acceptors (Lipinski definition) is 6. The van der Waals surface area contributed by atoms with E-state index >= 15 is 0 Å². The third kappa shape index (κ3) is 1.91. The van der Waals surface area contributed by atoms with Gasteiger partial charge in [0.05, 0.1) is 29.9 Å². The normalized spacial score (nSPS) is 22.8. The van der Waals surface area contributed by atoms with Gasteiger partial charge >= 0.3 is 0 Å². The molecule has 6 nitrogen and oxygen atoms in total. The van der Waals surface area contributed by atoms with Gasteiger partial charge in [-0.3, -0.25) is 9.59 Å². The Hall–Kier alpha value is -2.34. The van der Waals surface area contributed by atoms with Crippen molar-refractivity contribution >= 4 is 17.3 Å². The molecule has 1 aliphatic heterocycles. The number of aromatic hydroxyl groups is 1. The van der Waals surface area contributed by atoms with Crippen molar-refractivity contribution in [3.63, 3.8) is 0 Å². The molecular weight excluding hydrogens is 288 g/mol. The Bertz CT molecular complexity index is 728. The second-order valence-corrected chi connectivity index (χ2v) is 6.02. The first-order chi connectivity index (χ1) is 10.3. The van der Waals surface area contributed by atoms with E-state index in [4.69, 9.17) is 9.47 Å². The number of carbonyl (C=O) groups is 2. The zero-order chi connectivity index (χ0) is 16.2. The van der Waals surface area contributed by atoms with Crippen molar-refractivity contribution in [1.82, 2.24) is 0 Å². The number of phenolic OH excluding ortho intramolecular Hbond substituents is 1. The van der Waals surface area contributed by atoms with Crippen LogP contribution in [0.4, 0.5) is 0 Å². The molecule has 0 spiro atoms. The molecule has 1 aromatic carbocycles. The van der Waals surface area contributed by atoms with Crippen LogP contribution in [0, 0.1) is 0 Å². The first-order valence-electron chi connectivity index (χ1n) is 6.87. The van der Waals surface area contributed by atoms with E-state index in [1.807, 2.05) is 0 Å². The highest BCUT2D eigenvalue weighted by Crippen LogP contribution is 2.46. The van der Waals surface area contributed by atoms with Crippen molar-refractivity contribution in [3.8, 4) is 11.5 Å². The van der Waals surface area contributed by atoms with Crippen molar-refractivity contribution in [2.75, 3.05) is 7.11 Å². The lowest BCUT2D eigenvalue weighted by Crippen LogP contribution is -2.42. The van der Waals surface area contributed by atoms with Crippen LogP contribution in [0.1, 0.15) is 36.2 Å². The maximum absolute atomic E-state index is 12.3. The molecule has 22 heavy (non-hydrogen) atoms. The molecule has 0 saturated carbocycles. The summed E-state index contributed by atoms with van der Waals surface area (Å²) >= 11 is 0. The molecule has 1 atom stereocenters. The standard InChI is InChI=1S/C16H16O6/c1-16(2)6-8(18)11-14(20)13(19)10-7(17)4-5-9(21-3)12(10)15(11)22-16/h4-5,8,17-18H,6H2,1-3H3/t8-/m0/s1. The number of benzene rings is 1. The van der Waals surface area contributed by atoms with Crippen LogP contribution in [0.5, 0.6) is 11.5 Å². The van der Waals surface area contributed by atoms with Crippen molar-refractivity contribution in [1.29, 1.82) is 0 Å². The highest BCUT2D eigenvalue weighted by Gasteiger charge is 2.46. The Kier molecular flexibility index (Phi) is 3.04. The highest BCUT2D eigenvalue weighted by molar-refractivity contribution is 6.53. The number of methoxy groups -OCH3 is 1. The largest absolute Gasteiger partial charge is 0.507 e. The van der Waals surface area contributed by atoms with E-state index in [0.29, 0.717) is 5.75 Å². The second kappa shape index (κ2) is 4.58. The van der Waals surface area contributed by atoms with E-state index in [0.717, 1.165) is 0 Å². The molecule has 0 saturated heterocycles. The third-order valence-corrected chi connectivity index (χ3v) is 3.91. The molecule has 3 rings (SSSR count). The summed E-state index contributed by atoms with van der Waals surface area (Å²) in [5, 5.41) is 20.3. The summed E-state index contributed by atoms with van der Waals surface area (Å²) in [6, 6.07) is 2.78. The van der Waals surface area contributed by atoms with Gasteiger partial charge in [-0.15, -0.1) is 0 Å². The Balaban J connectivity index is 2.37. The molecule has 0 amide bonds. The van der Waals surface area contributed by atoms with E-state index in [1.54, 1.807) is 13.8 Å². The summed E-state index contributed by atoms with van der Waals surface area (Å²) in [4.78, 5) is 24.6. The predicted octanol–water partition coefficient (Wildman–Crippen LogP) is 1.44. The van der Waals surface area contributed by atoms with Crippen LogP contribution in [0.15, 0.2) is 17.7 Å². The first kappa shape index (κ1) is 14.6. The van der Waals surface area contributed by atoms with Gasteiger partial charge in [0, 0.05) is 6.42 Å². The summed E-state index contributed by atoms with van der Waals surface area (Å²) in [5.74, 6) is -1.63. The van der Waals surface area contributed by atoms with Gasteiger partial charge in [0.25, 0.3) is 0 Å². The molecule has 116 valence electrons. The van der Waals surface area contributed by atoms with Gasteiger partial charge in [-0.05, 0) is 26.0 Å². The minimum absolute atomic E-state index is 0.0688. The molecule has 1 aromatic rings. The van der Waals surface area contributed by atoms with E-state index in [2.05, 4.69) is 0 Å². The molecule has 1 aliphatic carbocycles. The molecule has 0 unspecified atom stereocenters. The maximum atomic E-state index is 12.3. The molecule has 0 fully saturated rings. The Labute approximate surface area is 127 Å². The van der Waals surface area contributed by atoms with Crippen molar-refractivity contribution in [2.24, 2.45) is 0 Å². The molecule has 6 heteroatoms. The van der Waals surface area contributed by atoms with Crippen LogP contribution in [-0.2, 0) is 9.53 Å². The van der Waals surface area contributed by atoms with E-state index in [1.165, 1.54) is 19.2 Å². The minimum atomic E-state index is -1.10. The zero-order valence-corrected chi connectivity index (χ0v) is 12.5. The summed E-state index contributed by atoms with van der Waals surface area (Å²) in [6.07, 6.45) is -0.906. The van der Waals surface area contributed by atoms with Crippen molar-refractivity contribution < 1.29 is 29.3 Å². The molecule has 2 aliphatic rings. The lowest BCUT2D eigenvalue weighted by molar-refractivity contribution is -0.114. The van der Waals surface area contributed by atoms with Crippen molar-refractivity contribution in [3.05, 3.63) is 28.8 Å². The number of ether oxygens (including phenoxy) is 2. The van der Waals surface area contributed by atoms with Crippen molar-refractivity contribution in [2.45, 2.75) is 32.0 Å². The lowest BCUT2D eigenvalue weighted by Gasteiger charge is -2.39. The fourth-order valence-corrected chi connectivity index (χ4v) is 2.97. The smallest absolute Gasteiger partial charge is 0.238 e. The summed E-state index contributed by atoms with van der Waals surface area (Å²) in [5.41, 5.74) is -0.713. The number of hydrogen-bond donors (Lipinski definition) is 2. The van der Waals surface area contributed by atoms with Crippen LogP contribution >= 0.6 is 0 Å². The van der Waals surface area contributed by atoms with Gasteiger partial charge in [0.2, 0.25) is 11.6 Å². The van der Waals surface area contributed by atoms with Gasteiger partial charge in [-0.2, -0.15) is 0 Å². The van der Waals surface area contributed by atoms with Crippen LogP contribution in [0.25, 0.3) is 5.76 Å². The summed E-state index contributed by atoms with van der Waals surface area (Å²) in [7, 11) is 1.41. The molecule has 0 bridgehead atoms. The molecule has 1 heterocycles. The van der Waals surface area contributed by atoms with Gasteiger partial charge in [0.1, 0.15) is 22.9 Å². The number of phenols is 1. The van der Waals surface area contributed by atoms with Gasteiger partial charge < -0.3 is 19.7 Å². The number of ketones is 2. The van der Waals surface area contributed by atoms with Crippen LogP contribution in [-0.4, -0.2) is 40.6 Å². The number of fused-ring (bicyclic) bond motifs is 2. The van der Waals surface area contributed by atoms with Gasteiger partial charge in [0.15, 0.2) is 0 Å². The van der Waals surface area contributed by atoms with E-state index in [-0.39, 0.29) is 34.6 Å². The van der Waals surface area contributed by atoms with Gasteiger partial charge in [-0.1, -0.05) is 0 Å². The summed E-state index contributed by atoms with van der Waals surface area (Å²) < 4.78 is 11.1. The Morgan fingerprint density at radius 2 is 1.91 bits per heavy atom. The average molecular weight is 304 g/mol.